The Kier molecular flexibility index (Phi) is 5.43. The number of alkyl carbamates (subject to hydrolysis) is 1. The molecule has 0 heterocycles. The van der Waals surface area contributed by atoms with Crippen LogP contribution in [-0.4, -0.2) is 26.4 Å². The lowest BCUT2D eigenvalue weighted by molar-refractivity contribution is 0.146. The number of methoxy groups -OCH3 is 1. The van der Waals surface area contributed by atoms with Crippen molar-refractivity contribution in [2.75, 3.05) is 20.3 Å². The summed E-state index contributed by atoms with van der Waals surface area (Å²) < 4.78 is 10.3. The molecule has 4 heteroatoms. The molecule has 2 aromatic carbocycles. The fourth-order valence-electron chi connectivity index (χ4n) is 2.21. The highest BCUT2D eigenvalue weighted by Gasteiger charge is 2.04. The second-order valence-corrected chi connectivity index (χ2v) is 4.82. The molecule has 4 nitrogen and oxygen atoms in total. The number of rotatable bonds is 6. The SMILES string of the molecule is CCCOC(=O)NCCc1cccc2ccc(OC)cc12. The molecule has 0 unspecified atom stereocenters. The number of hydrogen-bond acceptors (Lipinski definition) is 3. The van der Waals surface area contributed by atoms with E-state index in [2.05, 4.69) is 17.4 Å². The molecule has 0 aliphatic rings. The maximum Gasteiger partial charge on any atom is 0.407 e. The molecule has 21 heavy (non-hydrogen) atoms. The topological polar surface area (TPSA) is 47.6 Å². The van der Waals surface area contributed by atoms with Gasteiger partial charge in [-0.25, -0.2) is 4.79 Å². The van der Waals surface area contributed by atoms with Crippen LogP contribution in [0.1, 0.15) is 18.9 Å². The highest BCUT2D eigenvalue weighted by molar-refractivity contribution is 5.87. The Bertz CT molecular complexity index is 610. The number of carbonyl (C=O) groups is 1. The van der Waals surface area contributed by atoms with Crippen molar-refractivity contribution < 1.29 is 14.3 Å². The number of nitrogens with one attached hydrogen (secondary N) is 1. The zero-order valence-corrected chi connectivity index (χ0v) is 12.5. The number of ether oxygens (including phenoxy) is 2. The van der Waals surface area contributed by atoms with Gasteiger partial charge in [0.25, 0.3) is 0 Å². The first kappa shape index (κ1) is 15.2. The first-order valence-corrected chi connectivity index (χ1v) is 7.21. The normalized spacial score (nSPS) is 10.4. The molecule has 0 bridgehead atoms. The van der Waals surface area contributed by atoms with Gasteiger partial charge in [0.05, 0.1) is 13.7 Å². The largest absolute Gasteiger partial charge is 0.497 e. The lowest BCUT2D eigenvalue weighted by Gasteiger charge is -2.09. The van der Waals surface area contributed by atoms with E-state index >= 15 is 0 Å². The third-order valence-electron chi connectivity index (χ3n) is 3.28. The number of carbonyl (C=O) groups excluding carboxylic acids is 1. The molecule has 0 saturated heterocycles. The van der Waals surface area contributed by atoms with Crippen molar-refractivity contribution in [3.8, 4) is 5.75 Å². The second kappa shape index (κ2) is 7.53. The Balaban J connectivity index is 2.03. The summed E-state index contributed by atoms with van der Waals surface area (Å²) in [6.07, 6.45) is 1.23. The lowest BCUT2D eigenvalue weighted by atomic mass is 10.0. The van der Waals surface area contributed by atoms with Crippen molar-refractivity contribution in [1.29, 1.82) is 0 Å². The zero-order valence-electron chi connectivity index (χ0n) is 12.5. The standard InChI is InChI=1S/C17H21NO3/c1-3-11-21-17(19)18-10-9-14-6-4-5-13-7-8-15(20-2)12-16(13)14/h4-8,12H,3,9-11H2,1-2H3,(H,18,19). The number of hydrogen-bond donors (Lipinski definition) is 1. The monoisotopic (exact) mass is 287 g/mol. The van der Waals surface area contributed by atoms with Crippen LogP contribution < -0.4 is 10.1 Å². The van der Waals surface area contributed by atoms with Crippen LogP contribution in [0.2, 0.25) is 0 Å². The van der Waals surface area contributed by atoms with Crippen LogP contribution in [0.5, 0.6) is 5.75 Å². The summed E-state index contributed by atoms with van der Waals surface area (Å²) in [4.78, 5) is 11.4. The van der Waals surface area contributed by atoms with E-state index in [1.165, 1.54) is 10.9 Å². The molecule has 0 saturated carbocycles. The minimum atomic E-state index is -0.352. The van der Waals surface area contributed by atoms with E-state index in [0.717, 1.165) is 24.0 Å². The first-order valence-electron chi connectivity index (χ1n) is 7.21. The van der Waals surface area contributed by atoms with Crippen LogP contribution in [0.3, 0.4) is 0 Å². The lowest BCUT2D eigenvalue weighted by Crippen LogP contribution is -2.26. The zero-order chi connectivity index (χ0) is 15.1. The summed E-state index contributed by atoms with van der Waals surface area (Å²) >= 11 is 0. The Morgan fingerprint density at radius 3 is 2.86 bits per heavy atom. The molecular weight excluding hydrogens is 266 g/mol. The number of amides is 1. The van der Waals surface area contributed by atoms with Crippen LogP contribution in [0.15, 0.2) is 36.4 Å². The molecule has 112 valence electrons. The van der Waals surface area contributed by atoms with Gasteiger partial charge in [0.2, 0.25) is 0 Å². The van der Waals surface area contributed by atoms with Gasteiger partial charge in [0.1, 0.15) is 5.75 Å². The summed E-state index contributed by atoms with van der Waals surface area (Å²) in [5.74, 6) is 0.838. The maximum atomic E-state index is 11.4. The fraction of sp³-hybridized carbons (Fsp3) is 0.353. The van der Waals surface area contributed by atoms with Gasteiger partial charge in [-0.05, 0) is 41.3 Å². The Labute approximate surface area is 125 Å². The quantitative estimate of drug-likeness (QED) is 0.884. The van der Waals surface area contributed by atoms with Crippen molar-refractivity contribution in [1.82, 2.24) is 5.32 Å². The molecule has 0 radical (unpaired) electrons. The third-order valence-corrected chi connectivity index (χ3v) is 3.28. The summed E-state index contributed by atoms with van der Waals surface area (Å²) in [6.45, 7) is 2.98. The summed E-state index contributed by atoms with van der Waals surface area (Å²) in [6, 6.07) is 12.2. The van der Waals surface area contributed by atoms with E-state index in [0.29, 0.717) is 13.2 Å². The minimum absolute atomic E-state index is 0.352. The summed E-state index contributed by atoms with van der Waals surface area (Å²) in [7, 11) is 1.66. The molecule has 2 aromatic rings. The van der Waals surface area contributed by atoms with Crippen molar-refractivity contribution >= 4 is 16.9 Å². The van der Waals surface area contributed by atoms with Gasteiger partial charge in [-0.2, -0.15) is 0 Å². The van der Waals surface area contributed by atoms with E-state index in [1.807, 2.05) is 31.2 Å². The predicted molar refractivity (Wildman–Crippen MR) is 83.8 cm³/mol. The molecule has 0 aliphatic carbocycles. The average molecular weight is 287 g/mol. The van der Waals surface area contributed by atoms with Crippen LogP contribution in [0, 0.1) is 0 Å². The fourth-order valence-corrected chi connectivity index (χ4v) is 2.21. The smallest absolute Gasteiger partial charge is 0.407 e. The van der Waals surface area contributed by atoms with Crippen molar-refractivity contribution in [2.45, 2.75) is 19.8 Å². The van der Waals surface area contributed by atoms with Gasteiger partial charge >= 0.3 is 6.09 Å². The Morgan fingerprint density at radius 2 is 2.10 bits per heavy atom. The number of benzene rings is 2. The van der Waals surface area contributed by atoms with Crippen LogP contribution in [0.4, 0.5) is 4.79 Å². The van der Waals surface area contributed by atoms with Crippen LogP contribution in [0.25, 0.3) is 10.8 Å². The first-order chi connectivity index (χ1) is 10.2. The van der Waals surface area contributed by atoms with Gasteiger partial charge in [0, 0.05) is 6.54 Å². The minimum Gasteiger partial charge on any atom is -0.497 e. The highest BCUT2D eigenvalue weighted by Crippen LogP contribution is 2.24. The summed E-state index contributed by atoms with van der Waals surface area (Å²) in [5, 5.41) is 5.09. The van der Waals surface area contributed by atoms with E-state index in [9.17, 15) is 4.79 Å². The third kappa shape index (κ3) is 4.12. The van der Waals surface area contributed by atoms with Gasteiger partial charge in [-0.3, -0.25) is 0 Å². The molecule has 0 aliphatic heterocycles. The van der Waals surface area contributed by atoms with Gasteiger partial charge in [-0.1, -0.05) is 31.2 Å². The van der Waals surface area contributed by atoms with E-state index in [-0.39, 0.29) is 6.09 Å². The molecule has 0 fully saturated rings. The highest BCUT2D eigenvalue weighted by atomic mass is 16.5. The average Bonchev–Trinajstić information content (AvgIpc) is 2.52. The predicted octanol–water partition coefficient (Wildman–Crippen LogP) is 3.53. The molecule has 1 amide bonds. The molecular formula is C17H21NO3. The Hall–Kier alpha value is -2.23. The van der Waals surface area contributed by atoms with Gasteiger partial charge in [-0.15, -0.1) is 0 Å². The maximum absolute atomic E-state index is 11.4. The van der Waals surface area contributed by atoms with E-state index in [4.69, 9.17) is 9.47 Å². The molecule has 0 spiro atoms. The van der Waals surface area contributed by atoms with Crippen LogP contribution >= 0.6 is 0 Å². The van der Waals surface area contributed by atoms with Gasteiger partial charge in [0.15, 0.2) is 0 Å². The molecule has 1 N–H and O–H groups in total. The van der Waals surface area contributed by atoms with Crippen molar-refractivity contribution in [3.63, 3.8) is 0 Å². The molecule has 0 aromatic heterocycles. The molecule has 0 atom stereocenters. The van der Waals surface area contributed by atoms with E-state index < -0.39 is 0 Å². The van der Waals surface area contributed by atoms with E-state index in [1.54, 1.807) is 7.11 Å². The van der Waals surface area contributed by atoms with Crippen molar-refractivity contribution in [3.05, 3.63) is 42.0 Å². The van der Waals surface area contributed by atoms with Crippen molar-refractivity contribution in [2.24, 2.45) is 0 Å². The molecule has 2 rings (SSSR count). The Morgan fingerprint density at radius 1 is 1.24 bits per heavy atom. The number of fused-ring (bicyclic) bond motifs is 1. The summed E-state index contributed by atoms with van der Waals surface area (Å²) in [5.41, 5.74) is 1.18. The van der Waals surface area contributed by atoms with Gasteiger partial charge < -0.3 is 14.8 Å². The second-order valence-electron chi connectivity index (χ2n) is 4.82. The van der Waals surface area contributed by atoms with Crippen LogP contribution in [-0.2, 0) is 11.2 Å².